The maximum absolute atomic E-state index is 12.4. The molecule has 0 spiro atoms. The van der Waals surface area contributed by atoms with Crippen LogP contribution in [0.4, 0.5) is 10.5 Å². The lowest BCUT2D eigenvalue weighted by Crippen LogP contribution is -2.46. The van der Waals surface area contributed by atoms with Gasteiger partial charge in [-0.05, 0) is 12.0 Å². The highest BCUT2D eigenvalue weighted by Crippen LogP contribution is 2.24. The predicted molar refractivity (Wildman–Crippen MR) is 104 cm³/mol. The van der Waals surface area contributed by atoms with Gasteiger partial charge in [0.2, 0.25) is 0 Å². The number of hydrogen-bond acceptors (Lipinski definition) is 5. The SMILES string of the molecule is CCc1ncc(NC(=O)N(C)CC2(O)CCN(Cc3ccccc3)C2)cn1. The van der Waals surface area contributed by atoms with Crippen molar-refractivity contribution in [1.29, 1.82) is 0 Å². The third-order valence-corrected chi connectivity index (χ3v) is 4.81. The molecule has 0 bridgehead atoms. The van der Waals surface area contributed by atoms with Gasteiger partial charge in [0.15, 0.2) is 0 Å². The van der Waals surface area contributed by atoms with Gasteiger partial charge in [-0.25, -0.2) is 14.8 Å². The Balaban J connectivity index is 1.51. The number of hydrogen-bond donors (Lipinski definition) is 2. The van der Waals surface area contributed by atoms with Crippen molar-refractivity contribution >= 4 is 11.7 Å². The number of rotatable bonds is 6. The van der Waals surface area contributed by atoms with Gasteiger partial charge in [0, 0.05) is 33.1 Å². The smallest absolute Gasteiger partial charge is 0.321 e. The predicted octanol–water partition coefficient (Wildman–Crippen LogP) is 2.14. The molecule has 0 saturated carbocycles. The molecule has 2 N–H and O–H groups in total. The maximum atomic E-state index is 12.4. The van der Waals surface area contributed by atoms with Gasteiger partial charge in [0.1, 0.15) is 5.82 Å². The Bertz CT molecular complexity index is 753. The first-order chi connectivity index (χ1) is 13.0. The van der Waals surface area contributed by atoms with Crippen LogP contribution < -0.4 is 5.32 Å². The second-order valence-electron chi connectivity index (χ2n) is 7.20. The molecule has 2 heterocycles. The number of β-amino-alcohol motifs (C(OH)–C–C–N with tert-alkyl or cyclic N) is 1. The lowest BCUT2D eigenvalue weighted by Gasteiger charge is -2.29. The number of benzene rings is 1. The van der Waals surface area contributed by atoms with Gasteiger partial charge in [-0.2, -0.15) is 0 Å². The Labute approximate surface area is 160 Å². The van der Waals surface area contributed by atoms with Crippen LogP contribution in [0.1, 0.15) is 24.7 Å². The fourth-order valence-corrected chi connectivity index (χ4v) is 3.38. The number of carbonyl (C=O) groups is 1. The third-order valence-electron chi connectivity index (χ3n) is 4.81. The minimum atomic E-state index is -0.899. The summed E-state index contributed by atoms with van der Waals surface area (Å²) in [7, 11) is 1.69. The molecule has 1 aliphatic rings. The van der Waals surface area contributed by atoms with E-state index in [4.69, 9.17) is 0 Å². The van der Waals surface area contributed by atoms with Crippen LogP contribution in [-0.4, -0.2) is 63.2 Å². The van der Waals surface area contributed by atoms with E-state index in [-0.39, 0.29) is 12.6 Å². The number of anilines is 1. The molecule has 27 heavy (non-hydrogen) atoms. The van der Waals surface area contributed by atoms with Gasteiger partial charge in [-0.1, -0.05) is 37.3 Å². The summed E-state index contributed by atoms with van der Waals surface area (Å²) in [6.45, 7) is 4.42. The number of likely N-dealkylation sites (N-methyl/N-ethyl adjacent to an activating group) is 1. The Hall–Kier alpha value is -2.51. The molecular formula is C20H27N5O2. The molecule has 2 aromatic rings. The standard InChI is InChI=1S/C20H27N5O2/c1-3-18-21-11-17(12-22-18)23-19(26)24(2)14-20(27)9-10-25(15-20)13-16-7-5-4-6-8-16/h4-8,11-12,27H,3,9-10,13-15H2,1-2H3,(H,23,26). The summed E-state index contributed by atoms with van der Waals surface area (Å²) in [5, 5.41) is 13.7. The number of aromatic nitrogens is 2. The van der Waals surface area contributed by atoms with E-state index in [0.717, 1.165) is 25.3 Å². The Morgan fingerprint density at radius 2 is 2.00 bits per heavy atom. The van der Waals surface area contributed by atoms with Crippen LogP contribution in [0, 0.1) is 0 Å². The minimum Gasteiger partial charge on any atom is -0.387 e. The molecule has 1 unspecified atom stereocenters. The number of aryl methyl sites for hydroxylation is 1. The maximum Gasteiger partial charge on any atom is 0.321 e. The first-order valence-corrected chi connectivity index (χ1v) is 9.29. The van der Waals surface area contributed by atoms with Gasteiger partial charge >= 0.3 is 6.03 Å². The molecule has 1 atom stereocenters. The molecular weight excluding hydrogens is 342 g/mol. The number of nitrogens with zero attached hydrogens (tertiary/aromatic N) is 4. The molecule has 3 rings (SSSR count). The highest BCUT2D eigenvalue weighted by atomic mass is 16.3. The molecule has 1 aliphatic heterocycles. The first kappa shape index (κ1) is 19.3. The van der Waals surface area contributed by atoms with E-state index in [0.29, 0.717) is 18.7 Å². The van der Waals surface area contributed by atoms with E-state index in [1.165, 1.54) is 10.5 Å². The van der Waals surface area contributed by atoms with E-state index >= 15 is 0 Å². The quantitative estimate of drug-likeness (QED) is 0.815. The number of urea groups is 1. The summed E-state index contributed by atoms with van der Waals surface area (Å²) in [6, 6.07) is 9.93. The third kappa shape index (κ3) is 5.24. The molecule has 7 heteroatoms. The van der Waals surface area contributed by atoms with Crippen LogP contribution >= 0.6 is 0 Å². The monoisotopic (exact) mass is 369 g/mol. The highest BCUT2D eigenvalue weighted by Gasteiger charge is 2.37. The Morgan fingerprint density at radius 3 is 2.67 bits per heavy atom. The van der Waals surface area contributed by atoms with E-state index in [9.17, 15) is 9.90 Å². The summed E-state index contributed by atoms with van der Waals surface area (Å²) < 4.78 is 0. The fraction of sp³-hybridized carbons (Fsp3) is 0.450. The van der Waals surface area contributed by atoms with Crippen molar-refractivity contribution in [3.8, 4) is 0 Å². The lowest BCUT2D eigenvalue weighted by atomic mass is 10.0. The zero-order valence-corrected chi connectivity index (χ0v) is 15.9. The van der Waals surface area contributed by atoms with E-state index < -0.39 is 5.60 Å². The summed E-state index contributed by atoms with van der Waals surface area (Å²) in [5.74, 6) is 0.736. The average molecular weight is 369 g/mol. The van der Waals surface area contributed by atoms with Crippen LogP contribution in [0.3, 0.4) is 0 Å². The van der Waals surface area contributed by atoms with E-state index in [1.807, 2.05) is 25.1 Å². The first-order valence-electron chi connectivity index (χ1n) is 9.29. The molecule has 2 amide bonds. The lowest BCUT2D eigenvalue weighted by molar-refractivity contribution is 0.0275. The molecule has 1 fully saturated rings. The zero-order valence-electron chi connectivity index (χ0n) is 15.9. The van der Waals surface area contributed by atoms with Crippen LogP contribution in [0.25, 0.3) is 0 Å². The molecule has 7 nitrogen and oxygen atoms in total. The van der Waals surface area contributed by atoms with Gasteiger partial charge < -0.3 is 15.3 Å². The van der Waals surface area contributed by atoms with E-state index in [1.54, 1.807) is 19.4 Å². The fourth-order valence-electron chi connectivity index (χ4n) is 3.38. The minimum absolute atomic E-state index is 0.276. The van der Waals surface area contributed by atoms with Gasteiger partial charge in [0.25, 0.3) is 0 Å². The van der Waals surface area contributed by atoms with Crippen LogP contribution in [0.2, 0.25) is 0 Å². The molecule has 144 valence electrons. The summed E-state index contributed by atoms with van der Waals surface area (Å²) in [5.41, 5.74) is 0.875. The Kier molecular flexibility index (Phi) is 6.03. The number of amides is 2. The largest absolute Gasteiger partial charge is 0.387 e. The normalized spacial score (nSPS) is 19.8. The molecule has 0 radical (unpaired) electrons. The second-order valence-corrected chi connectivity index (χ2v) is 7.20. The van der Waals surface area contributed by atoms with E-state index in [2.05, 4.69) is 32.3 Å². The zero-order chi connectivity index (χ0) is 19.3. The molecule has 1 aromatic heterocycles. The van der Waals surface area contributed by atoms with Gasteiger partial charge in [-0.3, -0.25) is 4.90 Å². The topological polar surface area (TPSA) is 81.6 Å². The second kappa shape index (κ2) is 8.45. The molecule has 0 aliphatic carbocycles. The average Bonchev–Trinajstić information content (AvgIpc) is 3.03. The summed E-state index contributed by atoms with van der Waals surface area (Å²) >= 11 is 0. The number of carbonyl (C=O) groups excluding carboxylic acids is 1. The number of likely N-dealkylation sites (tertiary alicyclic amines) is 1. The number of nitrogens with one attached hydrogen (secondary N) is 1. The van der Waals surface area contributed by atoms with Crippen LogP contribution in [0.5, 0.6) is 0 Å². The van der Waals surface area contributed by atoms with Crippen LogP contribution in [0.15, 0.2) is 42.7 Å². The summed E-state index contributed by atoms with van der Waals surface area (Å²) in [4.78, 5) is 24.5. The van der Waals surface area contributed by atoms with Crippen LogP contribution in [-0.2, 0) is 13.0 Å². The van der Waals surface area contributed by atoms with Crippen molar-refractivity contribution in [2.45, 2.75) is 31.9 Å². The molecule has 1 aromatic carbocycles. The van der Waals surface area contributed by atoms with Crippen molar-refractivity contribution in [3.63, 3.8) is 0 Å². The number of aliphatic hydroxyl groups is 1. The van der Waals surface area contributed by atoms with Crippen molar-refractivity contribution < 1.29 is 9.90 Å². The van der Waals surface area contributed by atoms with Crippen molar-refractivity contribution in [2.24, 2.45) is 0 Å². The van der Waals surface area contributed by atoms with Crippen molar-refractivity contribution in [2.75, 3.05) is 32.0 Å². The van der Waals surface area contributed by atoms with Gasteiger partial charge in [-0.15, -0.1) is 0 Å². The summed E-state index contributed by atoms with van der Waals surface area (Å²) in [6.07, 6.45) is 4.60. The van der Waals surface area contributed by atoms with Gasteiger partial charge in [0.05, 0.1) is 30.2 Å². The highest BCUT2D eigenvalue weighted by molar-refractivity contribution is 5.88. The molecule has 1 saturated heterocycles. The Morgan fingerprint density at radius 1 is 1.30 bits per heavy atom. The van der Waals surface area contributed by atoms with Crippen molar-refractivity contribution in [3.05, 3.63) is 54.1 Å². The van der Waals surface area contributed by atoms with Crippen molar-refractivity contribution in [1.82, 2.24) is 19.8 Å².